The Morgan fingerprint density at radius 2 is 2.00 bits per heavy atom. The molecule has 0 fully saturated rings. The van der Waals surface area contributed by atoms with Crippen molar-refractivity contribution in [1.82, 2.24) is 5.43 Å². The highest BCUT2D eigenvalue weighted by atomic mass is 16.3. The molecule has 1 amide bonds. The number of nitrogens with zero attached hydrogens (tertiary/aromatic N) is 1. The maximum atomic E-state index is 12.0. The van der Waals surface area contributed by atoms with Gasteiger partial charge in [0.15, 0.2) is 0 Å². The van der Waals surface area contributed by atoms with Gasteiger partial charge in [0.25, 0.3) is 5.91 Å². The smallest absolute Gasteiger partial charge is 0.275 e. The zero-order valence-corrected chi connectivity index (χ0v) is 11.7. The minimum Gasteiger partial charge on any atom is -0.506 e. The van der Waals surface area contributed by atoms with Crippen LogP contribution >= 0.6 is 0 Å². The van der Waals surface area contributed by atoms with E-state index in [1.54, 1.807) is 12.1 Å². The molecule has 104 valence electrons. The first-order valence-corrected chi connectivity index (χ1v) is 6.67. The number of hydrazone groups is 1. The predicted molar refractivity (Wildman–Crippen MR) is 81.1 cm³/mol. The van der Waals surface area contributed by atoms with Crippen molar-refractivity contribution in [3.63, 3.8) is 0 Å². The monoisotopic (exact) mass is 270 g/mol. The van der Waals surface area contributed by atoms with E-state index in [0.717, 1.165) is 23.9 Å². The quantitative estimate of drug-likeness (QED) is 0.660. The SMILES string of the molecule is CCC/C(C)=N\NC(=O)c1ccc2ccccc2c1O. The van der Waals surface area contributed by atoms with Gasteiger partial charge in [-0.3, -0.25) is 4.79 Å². The van der Waals surface area contributed by atoms with Gasteiger partial charge in [-0.25, -0.2) is 5.43 Å². The summed E-state index contributed by atoms with van der Waals surface area (Å²) in [5.74, 6) is -0.410. The van der Waals surface area contributed by atoms with Crippen molar-refractivity contribution in [2.75, 3.05) is 0 Å². The van der Waals surface area contributed by atoms with Crippen LogP contribution in [-0.2, 0) is 0 Å². The summed E-state index contributed by atoms with van der Waals surface area (Å²) in [5.41, 5.74) is 3.57. The van der Waals surface area contributed by atoms with E-state index in [2.05, 4.69) is 17.5 Å². The van der Waals surface area contributed by atoms with Crippen molar-refractivity contribution in [1.29, 1.82) is 0 Å². The van der Waals surface area contributed by atoms with Gasteiger partial charge in [-0.2, -0.15) is 5.10 Å². The van der Waals surface area contributed by atoms with E-state index in [4.69, 9.17) is 0 Å². The van der Waals surface area contributed by atoms with Gasteiger partial charge in [0.05, 0.1) is 5.56 Å². The number of phenols is 1. The average molecular weight is 270 g/mol. The van der Waals surface area contributed by atoms with Gasteiger partial charge in [-0.15, -0.1) is 0 Å². The molecule has 0 aliphatic heterocycles. The van der Waals surface area contributed by atoms with Crippen LogP contribution in [0.25, 0.3) is 10.8 Å². The van der Waals surface area contributed by atoms with Gasteiger partial charge < -0.3 is 5.11 Å². The second kappa shape index (κ2) is 6.19. The number of benzene rings is 2. The van der Waals surface area contributed by atoms with Crippen LogP contribution in [0.4, 0.5) is 0 Å². The molecule has 0 saturated heterocycles. The van der Waals surface area contributed by atoms with E-state index in [1.165, 1.54) is 0 Å². The Balaban J connectivity index is 2.27. The first kappa shape index (κ1) is 14.1. The summed E-state index contributed by atoms with van der Waals surface area (Å²) in [6, 6.07) is 10.8. The molecule has 0 unspecified atom stereocenters. The summed E-state index contributed by atoms with van der Waals surface area (Å²) in [7, 11) is 0. The Bertz CT molecular complexity index is 663. The van der Waals surface area contributed by atoms with Gasteiger partial charge in [0.2, 0.25) is 0 Å². The minimum atomic E-state index is -0.399. The van der Waals surface area contributed by atoms with E-state index >= 15 is 0 Å². The van der Waals surface area contributed by atoms with Gasteiger partial charge in [-0.1, -0.05) is 43.7 Å². The average Bonchev–Trinajstić information content (AvgIpc) is 2.46. The molecule has 0 bridgehead atoms. The summed E-state index contributed by atoms with van der Waals surface area (Å²) < 4.78 is 0. The van der Waals surface area contributed by atoms with Crippen molar-refractivity contribution in [3.05, 3.63) is 42.0 Å². The summed E-state index contributed by atoms with van der Waals surface area (Å²) in [5, 5.41) is 15.8. The fourth-order valence-electron chi connectivity index (χ4n) is 2.06. The maximum absolute atomic E-state index is 12.0. The fraction of sp³-hybridized carbons (Fsp3) is 0.250. The number of nitrogens with one attached hydrogen (secondary N) is 1. The number of amides is 1. The minimum absolute atomic E-state index is 0.0102. The number of rotatable bonds is 4. The molecule has 2 rings (SSSR count). The number of carbonyl (C=O) groups is 1. The normalized spacial score (nSPS) is 11.6. The standard InChI is InChI=1S/C16H18N2O2/c1-3-6-11(2)17-18-16(20)14-10-9-12-7-4-5-8-13(12)15(14)19/h4-5,7-10,19H,3,6H2,1-2H3,(H,18,20)/b17-11-. The third-order valence-corrected chi connectivity index (χ3v) is 3.11. The molecule has 0 aromatic heterocycles. The molecule has 2 aromatic rings. The second-order valence-corrected chi connectivity index (χ2v) is 4.72. The van der Waals surface area contributed by atoms with Crippen LogP contribution in [0.3, 0.4) is 0 Å². The van der Waals surface area contributed by atoms with Crippen molar-refractivity contribution < 1.29 is 9.90 Å². The first-order valence-electron chi connectivity index (χ1n) is 6.67. The van der Waals surface area contributed by atoms with Crippen LogP contribution in [-0.4, -0.2) is 16.7 Å². The molecule has 0 heterocycles. The molecule has 4 heteroatoms. The third kappa shape index (κ3) is 2.96. The molecule has 20 heavy (non-hydrogen) atoms. The lowest BCUT2D eigenvalue weighted by molar-refractivity contribution is 0.0952. The molecule has 0 aliphatic rings. The van der Waals surface area contributed by atoms with E-state index in [-0.39, 0.29) is 11.3 Å². The summed E-state index contributed by atoms with van der Waals surface area (Å²) in [6.45, 7) is 3.92. The highest BCUT2D eigenvalue weighted by Crippen LogP contribution is 2.28. The van der Waals surface area contributed by atoms with Crippen LogP contribution in [0.2, 0.25) is 0 Å². The molecular weight excluding hydrogens is 252 g/mol. The van der Waals surface area contributed by atoms with Gasteiger partial charge in [-0.05, 0) is 24.8 Å². The number of aromatic hydroxyl groups is 1. The molecule has 0 spiro atoms. The lowest BCUT2D eigenvalue weighted by Crippen LogP contribution is -2.19. The Morgan fingerprint density at radius 3 is 2.75 bits per heavy atom. The Kier molecular flexibility index (Phi) is 4.35. The summed E-state index contributed by atoms with van der Waals surface area (Å²) in [4.78, 5) is 12.0. The Hall–Kier alpha value is -2.36. The van der Waals surface area contributed by atoms with Crippen molar-refractivity contribution in [3.8, 4) is 5.75 Å². The molecular formula is C16H18N2O2. The highest BCUT2D eigenvalue weighted by molar-refractivity contribution is 6.03. The van der Waals surface area contributed by atoms with Crippen LogP contribution in [0.5, 0.6) is 5.75 Å². The van der Waals surface area contributed by atoms with Crippen LogP contribution in [0.1, 0.15) is 37.0 Å². The lowest BCUT2D eigenvalue weighted by Gasteiger charge is -2.07. The van der Waals surface area contributed by atoms with E-state index in [9.17, 15) is 9.90 Å². The Morgan fingerprint density at radius 1 is 1.25 bits per heavy atom. The van der Waals surface area contributed by atoms with E-state index < -0.39 is 5.91 Å². The summed E-state index contributed by atoms with van der Waals surface area (Å²) >= 11 is 0. The highest BCUT2D eigenvalue weighted by Gasteiger charge is 2.13. The zero-order chi connectivity index (χ0) is 14.5. The van der Waals surface area contributed by atoms with Gasteiger partial charge in [0, 0.05) is 11.1 Å². The molecule has 2 aromatic carbocycles. The number of carbonyl (C=O) groups excluding carboxylic acids is 1. The molecule has 0 saturated carbocycles. The molecule has 2 N–H and O–H groups in total. The largest absolute Gasteiger partial charge is 0.506 e. The van der Waals surface area contributed by atoms with Crippen molar-refractivity contribution in [2.24, 2.45) is 5.10 Å². The number of phenolic OH excluding ortho intramolecular Hbond substituents is 1. The van der Waals surface area contributed by atoms with Gasteiger partial charge in [0.1, 0.15) is 5.75 Å². The zero-order valence-electron chi connectivity index (χ0n) is 11.7. The second-order valence-electron chi connectivity index (χ2n) is 4.72. The van der Waals surface area contributed by atoms with Gasteiger partial charge >= 0.3 is 0 Å². The maximum Gasteiger partial charge on any atom is 0.275 e. The lowest BCUT2D eigenvalue weighted by atomic mass is 10.1. The molecule has 0 atom stereocenters. The molecule has 0 aliphatic carbocycles. The third-order valence-electron chi connectivity index (χ3n) is 3.11. The van der Waals surface area contributed by atoms with E-state index in [0.29, 0.717) is 5.39 Å². The van der Waals surface area contributed by atoms with Crippen LogP contribution < -0.4 is 5.43 Å². The van der Waals surface area contributed by atoms with Crippen molar-refractivity contribution >= 4 is 22.4 Å². The van der Waals surface area contributed by atoms with Crippen LogP contribution in [0, 0.1) is 0 Å². The number of fused-ring (bicyclic) bond motifs is 1. The fourth-order valence-corrected chi connectivity index (χ4v) is 2.06. The number of hydrogen-bond donors (Lipinski definition) is 2. The van der Waals surface area contributed by atoms with Crippen molar-refractivity contribution in [2.45, 2.75) is 26.7 Å². The van der Waals surface area contributed by atoms with Crippen LogP contribution in [0.15, 0.2) is 41.5 Å². The topological polar surface area (TPSA) is 61.7 Å². The predicted octanol–water partition coefficient (Wildman–Crippen LogP) is 3.45. The summed E-state index contributed by atoms with van der Waals surface area (Å²) in [6.07, 6.45) is 1.82. The Labute approximate surface area is 118 Å². The van der Waals surface area contributed by atoms with E-state index in [1.807, 2.05) is 31.2 Å². The number of hydrogen-bond acceptors (Lipinski definition) is 3. The first-order chi connectivity index (χ1) is 9.63. The molecule has 0 radical (unpaired) electrons. The molecule has 4 nitrogen and oxygen atoms in total.